The molecule has 0 amide bonds. The lowest BCUT2D eigenvalue weighted by Gasteiger charge is -2.14. The lowest BCUT2D eigenvalue weighted by atomic mass is 9.99. The first-order valence-corrected chi connectivity index (χ1v) is 5.23. The van der Waals surface area contributed by atoms with E-state index in [9.17, 15) is 9.90 Å². The number of aromatic hydroxyl groups is 1. The number of benzene rings is 1. The zero-order valence-electron chi connectivity index (χ0n) is 9.97. The highest BCUT2D eigenvalue weighted by atomic mass is 35.5. The molecule has 0 aromatic heterocycles. The molecule has 0 aliphatic rings. The number of phenols is 1. The average Bonchev–Trinajstić information content (AvgIpc) is 2.29. The third-order valence-electron chi connectivity index (χ3n) is 2.55. The van der Waals surface area contributed by atoms with Gasteiger partial charge in [0.05, 0.1) is 13.5 Å². The van der Waals surface area contributed by atoms with Crippen LogP contribution in [-0.2, 0) is 16.0 Å². The molecule has 0 unspecified atom stereocenters. The van der Waals surface area contributed by atoms with E-state index in [1.54, 1.807) is 6.07 Å². The highest BCUT2D eigenvalue weighted by Gasteiger charge is 2.16. The van der Waals surface area contributed by atoms with Crippen LogP contribution in [0, 0.1) is 0 Å². The number of carbonyl (C=O) groups excluding carboxylic acids is 1. The molecule has 0 aliphatic heterocycles. The number of hydrogen-bond donors (Lipinski definition) is 2. The average molecular weight is 260 g/mol. The first-order chi connectivity index (χ1) is 7.60. The van der Waals surface area contributed by atoms with Gasteiger partial charge in [-0.15, -0.1) is 12.4 Å². The van der Waals surface area contributed by atoms with E-state index in [-0.39, 0.29) is 30.5 Å². The van der Waals surface area contributed by atoms with E-state index in [2.05, 4.69) is 4.74 Å². The number of carbonyl (C=O) groups is 1. The van der Waals surface area contributed by atoms with Crippen LogP contribution in [-0.4, -0.2) is 18.2 Å². The summed E-state index contributed by atoms with van der Waals surface area (Å²) in [6.07, 6.45) is 0.793. The molecule has 0 aliphatic carbocycles. The molecule has 0 heterocycles. The van der Waals surface area contributed by atoms with Crippen molar-refractivity contribution in [3.8, 4) is 5.75 Å². The SMILES string of the molecule is CCc1cccc([C@H](N)CC(=O)OC)c1O.Cl. The summed E-state index contributed by atoms with van der Waals surface area (Å²) in [5.41, 5.74) is 7.25. The van der Waals surface area contributed by atoms with Gasteiger partial charge in [-0.05, 0) is 12.0 Å². The standard InChI is InChI=1S/C12H17NO3.ClH/c1-3-8-5-4-6-9(12(8)15)10(13)7-11(14)16-2;/h4-6,10,15H,3,7,13H2,1-2H3;1H/t10-;/m1./s1. The molecular formula is C12H18ClNO3. The monoisotopic (exact) mass is 259 g/mol. The molecule has 0 fully saturated rings. The second-order valence-corrected chi connectivity index (χ2v) is 3.60. The van der Waals surface area contributed by atoms with Crippen molar-refractivity contribution in [2.24, 2.45) is 5.73 Å². The van der Waals surface area contributed by atoms with Crippen LogP contribution in [0.5, 0.6) is 5.75 Å². The largest absolute Gasteiger partial charge is 0.507 e. The molecule has 1 aromatic carbocycles. The van der Waals surface area contributed by atoms with Gasteiger partial charge in [-0.2, -0.15) is 0 Å². The number of nitrogens with two attached hydrogens (primary N) is 1. The van der Waals surface area contributed by atoms with Crippen LogP contribution < -0.4 is 5.73 Å². The van der Waals surface area contributed by atoms with Gasteiger partial charge in [0.2, 0.25) is 0 Å². The van der Waals surface area contributed by atoms with E-state index in [0.717, 1.165) is 12.0 Å². The molecule has 1 aromatic rings. The molecule has 3 N–H and O–H groups in total. The number of rotatable bonds is 4. The van der Waals surface area contributed by atoms with Crippen molar-refractivity contribution in [3.63, 3.8) is 0 Å². The number of ether oxygens (including phenoxy) is 1. The van der Waals surface area contributed by atoms with Crippen molar-refractivity contribution >= 4 is 18.4 Å². The highest BCUT2D eigenvalue weighted by Crippen LogP contribution is 2.28. The number of phenolic OH excluding ortho intramolecular Hbond substituents is 1. The maximum absolute atomic E-state index is 11.1. The normalized spacial score (nSPS) is 11.5. The van der Waals surface area contributed by atoms with Crippen molar-refractivity contribution in [2.45, 2.75) is 25.8 Å². The molecule has 0 saturated carbocycles. The minimum Gasteiger partial charge on any atom is -0.507 e. The van der Waals surface area contributed by atoms with Crippen LogP contribution in [0.1, 0.15) is 30.5 Å². The minimum absolute atomic E-state index is 0. The Kier molecular flexibility index (Phi) is 6.61. The Morgan fingerprint density at radius 3 is 2.71 bits per heavy atom. The van der Waals surface area contributed by atoms with E-state index in [1.165, 1.54) is 7.11 Å². The second-order valence-electron chi connectivity index (χ2n) is 3.60. The number of para-hydroxylation sites is 1. The maximum atomic E-state index is 11.1. The van der Waals surface area contributed by atoms with Crippen LogP contribution in [0.15, 0.2) is 18.2 Å². The maximum Gasteiger partial charge on any atom is 0.307 e. The van der Waals surface area contributed by atoms with Gasteiger partial charge in [0.25, 0.3) is 0 Å². The molecule has 0 saturated heterocycles. The summed E-state index contributed by atoms with van der Waals surface area (Å²) in [7, 11) is 1.32. The van der Waals surface area contributed by atoms with Gasteiger partial charge in [0, 0.05) is 11.6 Å². The van der Waals surface area contributed by atoms with Crippen molar-refractivity contribution in [1.82, 2.24) is 0 Å². The Hall–Kier alpha value is -1.26. The zero-order valence-corrected chi connectivity index (χ0v) is 10.8. The fourth-order valence-corrected chi connectivity index (χ4v) is 1.57. The van der Waals surface area contributed by atoms with E-state index in [1.807, 2.05) is 19.1 Å². The van der Waals surface area contributed by atoms with E-state index < -0.39 is 6.04 Å². The quantitative estimate of drug-likeness (QED) is 0.811. The van der Waals surface area contributed by atoms with Gasteiger partial charge in [-0.25, -0.2) is 0 Å². The summed E-state index contributed by atoms with van der Waals surface area (Å²) < 4.78 is 4.54. The van der Waals surface area contributed by atoms with Gasteiger partial charge in [-0.1, -0.05) is 25.1 Å². The van der Waals surface area contributed by atoms with Crippen molar-refractivity contribution in [3.05, 3.63) is 29.3 Å². The summed E-state index contributed by atoms with van der Waals surface area (Å²) in [6.45, 7) is 1.95. The van der Waals surface area contributed by atoms with Crippen LogP contribution in [0.25, 0.3) is 0 Å². The van der Waals surface area contributed by atoms with Crippen LogP contribution in [0.3, 0.4) is 0 Å². The van der Waals surface area contributed by atoms with E-state index >= 15 is 0 Å². The third-order valence-corrected chi connectivity index (χ3v) is 2.55. The Morgan fingerprint density at radius 1 is 1.53 bits per heavy atom. The molecule has 96 valence electrons. The number of aryl methyl sites for hydroxylation is 1. The molecular weight excluding hydrogens is 242 g/mol. The van der Waals surface area contributed by atoms with Crippen molar-refractivity contribution in [2.75, 3.05) is 7.11 Å². The zero-order chi connectivity index (χ0) is 12.1. The fourth-order valence-electron chi connectivity index (χ4n) is 1.57. The summed E-state index contributed by atoms with van der Waals surface area (Å²) >= 11 is 0. The minimum atomic E-state index is -0.529. The van der Waals surface area contributed by atoms with Gasteiger partial charge in [0.1, 0.15) is 5.75 Å². The van der Waals surface area contributed by atoms with Gasteiger partial charge in [0.15, 0.2) is 0 Å². The topological polar surface area (TPSA) is 72.6 Å². The van der Waals surface area contributed by atoms with Crippen LogP contribution in [0.4, 0.5) is 0 Å². The van der Waals surface area contributed by atoms with Gasteiger partial charge in [-0.3, -0.25) is 4.79 Å². The number of methoxy groups -OCH3 is 1. The fraction of sp³-hybridized carbons (Fsp3) is 0.417. The van der Waals surface area contributed by atoms with Crippen molar-refractivity contribution < 1.29 is 14.6 Å². The number of esters is 1. The lowest BCUT2D eigenvalue weighted by Crippen LogP contribution is -2.16. The predicted octanol–water partition coefficient (Wildman–Crippen LogP) is 1.94. The highest BCUT2D eigenvalue weighted by molar-refractivity contribution is 5.85. The molecule has 4 nitrogen and oxygen atoms in total. The molecule has 0 radical (unpaired) electrons. The first-order valence-electron chi connectivity index (χ1n) is 5.23. The summed E-state index contributed by atoms with van der Waals surface area (Å²) in [4.78, 5) is 11.1. The Bertz CT molecular complexity index is 382. The van der Waals surface area contributed by atoms with E-state index in [0.29, 0.717) is 5.56 Å². The Morgan fingerprint density at radius 2 is 2.18 bits per heavy atom. The smallest absolute Gasteiger partial charge is 0.307 e. The van der Waals surface area contributed by atoms with Gasteiger partial charge < -0.3 is 15.6 Å². The Labute approximate surface area is 107 Å². The van der Waals surface area contributed by atoms with Crippen LogP contribution in [0.2, 0.25) is 0 Å². The molecule has 17 heavy (non-hydrogen) atoms. The number of hydrogen-bond acceptors (Lipinski definition) is 4. The van der Waals surface area contributed by atoms with Gasteiger partial charge >= 0.3 is 5.97 Å². The molecule has 5 heteroatoms. The summed E-state index contributed by atoms with van der Waals surface area (Å²) in [5.74, 6) is -0.199. The predicted molar refractivity (Wildman–Crippen MR) is 68.3 cm³/mol. The molecule has 0 spiro atoms. The molecule has 0 bridgehead atoms. The molecule has 1 atom stereocenters. The lowest BCUT2D eigenvalue weighted by molar-refractivity contribution is -0.141. The van der Waals surface area contributed by atoms with Crippen LogP contribution >= 0.6 is 12.4 Å². The number of halogens is 1. The third kappa shape index (κ3) is 3.91. The van der Waals surface area contributed by atoms with E-state index in [4.69, 9.17) is 5.73 Å². The Balaban J connectivity index is 0.00000256. The molecule has 1 rings (SSSR count). The summed E-state index contributed by atoms with van der Waals surface area (Å²) in [5, 5.41) is 9.91. The summed E-state index contributed by atoms with van der Waals surface area (Å²) in [6, 6.07) is 4.86. The van der Waals surface area contributed by atoms with Crippen molar-refractivity contribution in [1.29, 1.82) is 0 Å². The second kappa shape index (κ2) is 7.14. The first kappa shape index (κ1) is 15.7.